The van der Waals surface area contributed by atoms with Crippen molar-refractivity contribution in [3.8, 4) is 5.75 Å². The van der Waals surface area contributed by atoms with Gasteiger partial charge in [-0.3, -0.25) is 4.79 Å². The number of aryl methyl sites for hydroxylation is 2. The molecule has 8 nitrogen and oxygen atoms in total. The molecule has 1 heterocycles. The minimum Gasteiger partial charge on any atom is -0.491 e. The van der Waals surface area contributed by atoms with Crippen LogP contribution in [0.3, 0.4) is 0 Å². The van der Waals surface area contributed by atoms with Crippen molar-refractivity contribution < 1.29 is 19.4 Å². The van der Waals surface area contributed by atoms with Gasteiger partial charge in [0.2, 0.25) is 5.91 Å². The molecule has 2 rings (SSSR count). The van der Waals surface area contributed by atoms with Crippen LogP contribution in [-0.4, -0.2) is 44.6 Å². The second-order valence-corrected chi connectivity index (χ2v) is 5.61. The Hall–Kier alpha value is -2.90. The molecule has 0 bridgehead atoms. The minimum absolute atomic E-state index is 0.103. The molecule has 0 aliphatic heterocycles. The number of amides is 1. The molecule has 1 atom stereocenters. The number of aromatic carboxylic acids is 1. The van der Waals surface area contributed by atoms with Crippen LogP contribution < -0.4 is 10.1 Å². The van der Waals surface area contributed by atoms with E-state index in [0.717, 1.165) is 16.9 Å². The number of benzene rings is 1. The fourth-order valence-electron chi connectivity index (χ4n) is 2.22. The van der Waals surface area contributed by atoms with E-state index in [1.54, 1.807) is 0 Å². The number of hydrogen-bond donors (Lipinski definition) is 2. The van der Waals surface area contributed by atoms with E-state index in [2.05, 4.69) is 15.6 Å². The second kappa shape index (κ2) is 7.58. The zero-order valence-electron chi connectivity index (χ0n) is 13.8. The van der Waals surface area contributed by atoms with Crippen molar-refractivity contribution in [1.82, 2.24) is 20.3 Å². The summed E-state index contributed by atoms with van der Waals surface area (Å²) in [5.41, 5.74) is 1.88. The van der Waals surface area contributed by atoms with Gasteiger partial charge in [0.25, 0.3) is 0 Å². The fraction of sp³-hybridized carbons (Fsp3) is 0.375. The molecule has 0 aliphatic carbocycles. The van der Waals surface area contributed by atoms with Gasteiger partial charge in [0.1, 0.15) is 18.9 Å². The first-order valence-electron chi connectivity index (χ1n) is 7.48. The maximum Gasteiger partial charge on any atom is 0.358 e. The topological polar surface area (TPSA) is 106 Å². The average molecular weight is 332 g/mol. The van der Waals surface area contributed by atoms with Crippen LogP contribution in [0.4, 0.5) is 0 Å². The minimum atomic E-state index is -1.18. The standard InChI is InChI=1S/C16H20N4O4/c1-10-5-4-6-11(2)15(10)24-9-12(3)17-14(21)8-20-7-13(16(22)23)18-19-20/h4-7,12H,8-9H2,1-3H3,(H,17,21)(H,22,23). The van der Waals surface area contributed by atoms with Crippen LogP contribution in [0, 0.1) is 13.8 Å². The first-order chi connectivity index (χ1) is 11.4. The zero-order valence-corrected chi connectivity index (χ0v) is 13.8. The number of hydrogen-bond acceptors (Lipinski definition) is 5. The Morgan fingerprint density at radius 3 is 2.58 bits per heavy atom. The maximum absolute atomic E-state index is 11.9. The van der Waals surface area contributed by atoms with Crippen LogP contribution in [0.25, 0.3) is 0 Å². The highest BCUT2D eigenvalue weighted by Crippen LogP contribution is 2.22. The zero-order chi connectivity index (χ0) is 17.7. The molecule has 2 N–H and O–H groups in total. The van der Waals surface area contributed by atoms with Crippen molar-refractivity contribution in [2.45, 2.75) is 33.4 Å². The van der Waals surface area contributed by atoms with E-state index in [4.69, 9.17) is 9.84 Å². The molecule has 0 fully saturated rings. The fourth-order valence-corrected chi connectivity index (χ4v) is 2.22. The third-order valence-electron chi connectivity index (χ3n) is 3.36. The van der Waals surface area contributed by atoms with E-state index in [0.29, 0.717) is 6.61 Å². The van der Waals surface area contributed by atoms with Crippen molar-refractivity contribution in [3.05, 3.63) is 41.2 Å². The number of ether oxygens (including phenoxy) is 1. The highest BCUT2D eigenvalue weighted by molar-refractivity contribution is 5.84. The molecular weight excluding hydrogens is 312 g/mol. The maximum atomic E-state index is 11.9. The largest absolute Gasteiger partial charge is 0.491 e. The summed E-state index contributed by atoms with van der Waals surface area (Å²) in [6, 6.07) is 5.69. The predicted octanol–water partition coefficient (Wildman–Crippen LogP) is 1.18. The molecule has 0 saturated heterocycles. The van der Waals surface area contributed by atoms with Crippen molar-refractivity contribution in [2.24, 2.45) is 0 Å². The lowest BCUT2D eigenvalue weighted by Gasteiger charge is -2.17. The molecular formula is C16H20N4O4. The summed E-state index contributed by atoms with van der Waals surface area (Å²) >= 11 is 0. The Balaban J connectivity index is 1.84. The predicted molar refractivity (Wildman–Crippen MR) is 86.0 cm³/mol. The van der Waals surface area contributed by atoms with E-state index in [1.807, 2.05) is 39.0 Å². The van der Waals surface area contributed by atoms with E-state index in [-0.39, 0.29) is 24.2 Å². The highest BCUT2D eigenvalue weighted by Gasteiger charge is 2.13. The van der Waals surface area contributed by atoms with E-state index >= 15 is 0 Å². The number of carboxylic acid groups (broad SMARTS) is 1. The first kappa shape index (κ1) is 17.5. The smallest absolute Gasteiger partial charge is 0.358 e. The molecule has 24 heavy (non-hydrogen) atoms. The lowest BCUT2D eigenvalue weighted by atomic mass is 10.1. The summed E-state index contributed by atoms with van der Waals surface area (Å²) in [6.07, 6.45) is 1.21. The van der Waals surface area contributed by atoms with Crippen LogP contribution in [0.2, 0.25) is 0 Å². The highest BCUT2D eigenvalue weighted by atomic mass is 16.5. The van der Waals surface area contributed by atoms with Crippen molar-refractivity contribution in [2.75, 3.05) is 6.61 Å². The van der Waals surface area contributed by atoms with Gasteiger partial charge >= 0.3 is 5.97 Å². The number of para-hydroxylation sites is 1. The first-order valence-corrected chi connectivity index (χ1v) is 7.48. The quantitative estimate of drug-likeness (QED) is 0.788. The number of nitrogens with one attached hydrogen (secondary N) is 1. The Bertz CT molecular complexity index is 721. The van der Waals surface area contributed by atoms with Crippen molar-refractivity contribution in [3.63, 3.8) is 0 Å². The molecule has 0 aliphatic rings. The summed E-state index contributed by atoms with van der Waals surface area (Å²) < 4.78 is 6.97. The van der Waals surface area contributed by atoms with E-state index in [1.165, 1.54) is 10.9 Å². The molecule has 1 unspecified atom stereocenters. The Kier molecular flexibility index (Phi) is 5.51. The van der Waals surface area contributed by atoms with Crippen molar-refractivity contribution >= 4 is 11.9 Å². The van der Waals surface area contributed by atoms with Gasteiger partial charge in [0, 0.05) is 0 Å². The number of carbonyl (C=O) groups is 2. The van der Waals surface area contributed by atoms with Crippen LogP contribution >= 0.6 is 0 Å². The summed E-state index contributed by atoms with van der Waals surface area (Å²) in [6.45, 7) is 5.99. The molecule has 0 saturated carbocycles. The molecule has 1 aromatic carbocycles. The Labute approximate surface area is 139 Å². The van der Waals surface area contributed by atoms with Gasteiger partial charge in [-0.2, -0.15) is 0 Å². The molecule has 1 amide bonds. The number of nitrogens with zero attached hydrogens (tertiary/aromatic N) is 3. The Morgan fingerprint density at radius 1 is 1.33 bits per heavy atom. The summed E-state index contributed by atoms with van der Waals surface area (Å²) in [4.78, 5) is 22.7. The third kappa shape index (κ3) is 4.55. The molecule has 128 valence electrons. The monoisotopic (exact) mass is 332 g/mol. The van der Waals surface area contributed by atoms with Crippen LogP contribution in [0.1, 0.15) is 28.5 Å². The van der Waals surface area contributed by atoms with Crippen molar-refractivity contribution in [1.29, 1.82) is 0 Å². The molecule has 8 heteroatoms. The lowest BCUT2D eigenvalue weighted by molar-refractivity contribution is -0.122. The van der Waals surface area contributed by atoms with Crippen LogP contribution in [-0.2, 0) is 11.3 Å². The van der Waals surface area contributed by atoms with Gasteiger partial charge in [-0.25, -0.2) is 9.48 Å². The summed E-state index contributed by atoms with van der Waals surface area (Å²) in [5.74, 6) is -0.660. The Morgan fingerprint density at radius 2 is 2.00 bits per heavy atom. The van der Waals surface area contributed by atoms with Crippen LogP contribution in [0.5, 0.6) is 5.75 Å². The van der Waals surface area contributed by atoms with Gasteiger partial charge in [-0.05, 0) is 31.9 Å². The number of rotatable bonds is 7. The lowest BCUT2D eigenvalue weighted by Crippen LogP contribution is -2.38. The number of carboxylic acids is 1. The van der Waals surface area contributed by atoms with E-state index < -0.39 is 5.97 Å². The van der Waals surface area contributed by atoms with E-state index in [9.17, 15) is 9.59 Å². The number of aromatic nitrogens is 3. The van der Waals surface area contributed by atoms with Gasteiger partial charge in [0.05, 0.1) is 12.2 Å². The molecule has 0 radical (unpaired) electrons. The van der Waals surface area contributed by atoms with Gasteiger partial charge in [-0.15, -0.1) is 5.10 Å². The summed E-state index contributed by atoms with van der Waals surface area (Å²) in [7, 11) is 0. The molecule has 0 spiro atoms. The normalized spacial score (nSPS) is 11.8. The van der Waals surface area contributed by atoms with Gasteiger partial charge in [0.15, 0.2) is 5.69 Å². The third-order valence-corrected chi connectivity index (χ3v) is 3.36. The van der Waals surface area contributed by atoms with Crippen LogP contribution in [0.15, 0.2) is 24.4 Å². The number of carbonyl (C=O) groups excluding carboxylic acids is 1. The van der Waals surface area contributed by atoms with Gasteiger partial charge in [-0.1, -0.05) is 23.4 Å². The summed E-state index contributed by atoms with van der Waals surface area (Å²) in [5, 5.41) is 18.6. The molecule has 2 aromatic rings. The van der Waals surface area contributed by atoms with Gasteiger partial charge < -0.3 is 15.2 Å². The average Bonchev–Trinajstić information content (AvgIpc) is 2.95. The SMILES string of the molecule is Cc1cccc(C)c1OCC(C)NC(=O)Cn1cc(C(=O)O)nn1. The second-order valence-electron chi connectivity index (χ2n) is 5.61. The molecule has 1 aromatic heterocycles.